The van der Waals surface area contributed by atoms with Crippen LogP contribution in [0.25, 0.3) is 10.2 Å². The summed E-state index contributed by atoms with van der Waals surface area (Å²) >= 11 is 1.62. The molecule has 0 spiro atoms. The highest BCUT2D eigenvalue weighted by atomic mass is 32.1. The number of carbonyl (C=O) groups is 1. The smallest absolute Gasteiger partial charge is 0.326 e. The fraction of sp³-hybridized carbons (Fsp3) is 0.632. The number of hydrogen-bond acceptors (Lipinski definition) is 4. The first-order valence-corrected chi connectivity index (χ1v) is 9.75. The number of aryl methyl sites for hydroxylation is 2. The van der Waals surface area contributed by atoms with Gasteiger partial charge in [0, 0.05) is 11.3 Å². The lowest BCUT2D eigenvalue weighted by molar-refractivity contribution is -0.140. The van der Waals surface area contributed by atoms with E-state index in [9.17, 15) is 14.7 Å². The van der Waals surface area contributed by atoms with Crippen molar-refractivity contribution in [1.82, 2.24) is 9.55 Å². The molecular formula is C19H26N2O3S. The zero-order valence-corrected chi connectivity index (χ0v) is 16.4. The standard InChI is InChI=1S/C19H26N2O3S/c1-6-14-20-16-15(17(22)21(14)10(2)18(23)24)12-8-7-11(19(3,4)5)9-13(12)25-16/h10-11H,6-9H2,1-5H3,(H,23,24). The summed E-state index contributed by atoms with van der Waals surface area (Å²) in [4.78, 5) is 31.3. The predicted octanol–water partition coefficient (Wildman–Crippen LogP) is 3.82. The van der Waals surface area contributed by atoms with Crippen molar-refractivity contribution in [2.24, 2.45) is 11.3 Å². The van der Waals surface area contributed by atoms with Crippen LogP contribution in [0.5, 0.6) is 0 Å². The van der Waals surface area contributed by atoms with Gasteiger partial charge in [-0.25, -0.2) is 9.78 Å². The Kier molecular flexibility index (Phi) is 4.52. The fourth-order valence-electron chi connectivity index (χ4n) is 3.78. The van der Waals surface area contributed by atoms with Crippen LogP contribution in [0.15, 0.2) is 4.79 Å². The summed E-state index contributed by atoms with van der Waals surface area (Å²) in [5.74, 6) is 0.145. The van der Waals surface area contributed by atoms with Gasteiger partial charge in [0.25, 0.3) is 5.56 Å². The van der Waals surface area contributed by atoms with Crippen molar-refractivity contribution in [3.05, 3.63) is 26.6 Å². The number of carboxylic acid groups (broad SMARTS) is 1. The van der Waals surface area contributed by atoms with Gasteiger partial charge in [-0.15, -0.1) is 11.3 Å². The number of nitrogens with zero attached hydrogens (tertiary/aromatic N) is 2. The van der Waals surface area contributed by atoms with E-state index in [-0.39, 0.29) is 11.0 Å². The van der Waals surface area contributed by atoms with Crippen LogP contribution in [0.2, 0.25) is 0 Å². The van der Waals surface area contributed by atoms with Gasteiger partial charge < -0.3 is 5.11 Å². The van der Waals surface area contributed by atoms with E-state index >= 15 is 0 Å². The minimum atomic E-state index is -1.00. The normalized spacial score (nSPS) is 19.0. The monoisotopic (exact) mass is 362 g/mol. The van der Waals surface area contributed by atoms with Crippen LogP contribution in [0, 0.1) is 11.3 Å². The third-order valence-electron chi connectivity index (χ3n) is 5.47. The van der Waals surface area contributed by atoms with Gasteiger partial charge in [-0.2, -0.15) is 0 Å². The molecule has 2 aromatic rings. The highest BCUT2D eigenvalue weighted by Gasteiger charge is 2.32. The van der Waals surface area contributed by atoms with E-state index in [0.29, 0.717) is 23.5 Å². The number of fused-ring (bicyclic) bond motifs is 3. The molecule has 0 bridgehead atoms. The maximum atomic E-state index is 13.1. The largest absolute Gasteiger partial charge is 0.480 e. The van der Waals surface area contributed by atoms with Gasteiger partial charge in [-0.3, -0.25) is 9.36 Å². The summed E-state index contributed by atoms with van der Waals surface area (Å²) < 4.78 is 1.37. The van der Waals surface area contributed by atoms with E-state index in [4.69, 9.17) is 0 Å². The summed E-state index contributed by atoms with van der Waals surface area (Å²) in [5, 5.41) is 10.0. The van der Waals surface area contributed by atoms with E-state index < -0.39 is 12.0 Å². The molecule has 0 saturated heterocycles. The lowest BCUT2D eigenvalue weighted by Gasteiger charge is -2.33. The van der Waals surface area contributed by atoms with Crippen molar-refractivity contribution in [3.8, 4) is 0 Å². The second-order valence-corrected chi connectivity index (χ2v) is 9.14. The van der Waals surface area contributed by atoms with Crippen LogP contribution >= 0.6 is 11.3 Å². The van der Waals surface area contributed by atoms with Crippen LogP contribution in [0.3, 0.4) is 0 Å². The number of aliphatic carboxylic acids is 1. The first kappa shape index (κ1) is 18.1. The highest BCUT2D eigenvalue weighted by molar-refractivity contribution is 7.18. The fourth-order valence-corrected chi connectivity index (χ4v) is 5.09. The topological polar surface area (TPSA) is 72.2 Å². The maximum absolute atomic E-state index is 13.1. The molecule has 3 rings (SSSR count). The first-order valence-electron chi connectivity index (χ1n) is 8.93. The zero-order valence-electron chi connectivity index (χ0n) is 15.5. The van der Waals surface area contributed by atoms with Crippen molar-refractivity contribution in [3.63, 3.8) is 0 Å². The molecule has 0 radical (unpaired) electrons. The second kappa shape index (κ2) is 6.24. The van der Waals surface area contributed by atoms with E-state index in [1.165, 1.54) is 9.44 Å². The first-order chi connectivity index (χ1) is 11.6. The number of thiophene rings is 1. The lowest BCUT2D eigenvalue weighted by Crippen LogP contribution is -2.32. The molecule has 2 unspecified atom stereocenters. The average molecular weight is 362 g/mol. The Bertz CT molecular complexity index is 889. The van der Waals surface area contributed by atoms with Crippen LogP contribution in [0.4, 0.5) is 0 Å². The summed E-state index contributed by atoms with van der Waals surface area (Å²) in [5.41, 5.74) is 1.16. The molecule has 2 atom stereocenters. The van der Waals surface area contributed by atoms with Gasteiger partial charge in [0.05, 0.1) is 5.39 Å². The maximum Gasteiger partial charge on any atom is 0.326 e. The third kappa shape index (κ3) is 3.01. The summed E-state index contributed by atoms with van der Waals surface area (Å²) in [7, 11) is 0. The van der Waals surface area contributed by atoms with Crippen molar-refractivity contribution in [2.75, 3.05) is 0 Å². The zero-order chi connectivity index (χ0) is 18.5. The minimum Gasteiger partial charge on any atom is -0.480 e. The molecular weight excluding hydrogens is 336 g/mol. The quantitative estimate of drug-likeness (QED) is 0.901. The number of hydrogen-bond donors (Lipinski definition) is 1. The predicted molar refractivity (Wildman–Crippen MR) is 101 cm³/mol. The van der Waals surface area contributed by atoms with E-state index in [0.717, 1.165) is 29.7 Å². The SMILES string of the molecule is CCc1nc2sc3c(c2c(=O)n1C(C)C(=O)O)CCC(C(C)(C)C)C3. The number of carboxylic acids is 1. The molecule has 25 heavy (non-hydrogen) atoms. The Balaban J connectivity index is 2.20. The minimum absolute atomic E-state index is 0.191. The third-order valence-corrected chi connectivity index (χ3v) is 6.62. The Labute approximate surface area is 151 Å². The number of aromatic nitrogens is 2. The van der Waals surface area contributed by atoms with Crippen LogP contribution in [-0.4, -0.2) is 20.6 Å². The molecule has 0 aromatic carbocycles. The highest BCUT2D eigenvalue weighted by Crippen LogP contribution is 2.42. The molecule has 0 aliphatic heterocycles. The van der Waals surface area contributed by atoms with E-state index in [2.05, 4.69) is 25.8 Å². The Morgan fingerprint density at radius 2 is 2.12 bits per heavy atom. The second-order valence-electron chi connectivity index (χ2n) is 8.06. The molecule has 0 amide bonds. The van der Waals surface area contributed by atoms with Gasteiger partial charge in [0.1, 0.15) is 16.7 Å². The Morgan fingerprint density at radius 1 is 1.44 bits per heavy atom. The Hall–Kier alpha value is -1.69. The van der Waals surface area contributed by atoms with Crippen molar-refractivity contribution >= 4 is 27.5 Å². The average Bonchev–Trinajstić information content (AvgIpc) is 2.90. The van der Waals surface area contributed by atoms with Crippen molar-refractivity contribution < 1.29 is 9.90 Å². The summed E-state index contributed by atoms with van der Waals surface area (Å²) in [6, 6.07) is -0.902. The molecule has 1 aliphatic rings. The molecule has 2 heterocycles. The summed E-state index contributed by atoms with van der Waals surface area (Å²) in [6.45, 7) is 10.3. The molecule has 5 nitrogen and oxygen atoms in total. The molecule has 0 fully saturated rings. The van der Waals surface area contributed by atoms with Gasteiger partial charge in [-0.1, -0.05) is 27.7 Å². The van der Waals surface area contributed by atoms with Gasteiger partial charge in [0.15, 0.2) is 0 Å². The molecule has 0 saturated carbocycles. The molecule has 1 N–H and O–H groups in total. The van der Waals surface area contributed by atoms with Crippen molar-refractivity contribution in [1.29, 1.82) is 0 Å². The summed E-state index contributed by atoms with van der Waals surface area (Å²) in [6.07, 6.45) is 3.46. The van der Waals surface area contributed by atoms with E-state index in [1.54, 1.807) is 18.3 Å². The number of rotatable bonds is 3. The van der Waals surface area contributed by atoms with Crippen LogP contribution < -0.4 is 5.56 Å². The molecule has 136 valence electrons. The lowest BCUT2D eigenvalue weighted by atomic mass is 9.72. The van der Waals surface area contributed by atoms with Crippen LogP contribution in [-0.2, 0) is 24.1 Å². The molecule has 2 aromatic heterocycles. The van der Waals surface area contributed by atoms with Gasteiger partial charge in [-0.05, 0) is 43.1 Å². The van der Waals surface area contributed by atoms with Gasteiger partial charge in [0.2, 0.25) is 0 Å². The van der Waals surface area contributed by atoms with Crippen molar-refractivity contribution in [2.45, 2.75) is 66.3 Å². The molecule has 1 aliphatic carbocycles. The van der Waals surface area contributed by atoms with Gasteiger partial charge >= 0.3 is 5.97 Å². The van der Waals surface area contributed by atoms with E-state index in [1.807, 2.05) is 6.92 Å². The van der Waals surface area contributed by atoms with Crippen LogP contribution in [0.1, 0.15) is 63.3 Å². The Morgan fingerprint density at radius 3 is 2.68 bits per heavy atom. The molecule has 6 heteroatoms.